The third-order valence-electron chi connectivity index (χ3n) is 5.38. The Morgan fingerprint density at radius 3 is 2.33 bits per heavy atom. The molecule has 0 aliphatic carbocycles. The smallest absolute Gasteiger partial charge is 0.209 e. The summed E-state index contributed by atoms with van der Waals surface area (Å²) in [7, 11) is -3.69. The molecule has 178 valence electrons. The van der Waals surface area contributed by atoms with E-state index in [0.717, 1.165) is 24.5 Å². The van der Waals surface area contributed by atoms with Gasteiger partial charge in [-0.05, 0) is 12.1 Å². The molecule has 1 saturated heterocycles. The lowest BCUT2D eigenvalue weighted by atomic mass is 9.92. The molecule has 4 rings (SSSR count). The van der Waals surface area contributed by atoms with Crippen molar-refractivity contribution in [3.05, 3.63) is 58.9 Å². The van der Waals surface area contributed by atoms with Crippen LogP contribution in [0, 0.1) is 29.1 Å². The van der Waals surface area contributed by atoms with E-state index in [9.17, 15) is 34.8 Å². The van der Waals surface area contributed by atoms with Gasteiger partial charge in [-0.3, -0.25) is 0 Å². The number of nitrogens with zero attached hydrogens (tertiary/aromatic N) is 2. The molecule has 0 saturated carbocycles. The molecular formula is C20H17F6N3O3S. The van der Waals surface area contributed by atoms with Crippen molar-refractivity contribution in [3.63, 3.8) is 0 Å². The molecule has 0 radical (unpaired) electrons. The minimum Gasteiger partial charge on any atom is -0.386 e. The lowest BCUT2D eigenvalue weighted by Crippen LogP contribution is -2.41. The molecule has 13 heteroatoms. The molecule has 2 aliphatic rings. The van der Waals surface area contributed by atoms with Crippen molar-refractivity contribution in [2.75, 3.05) is 19.3 Å². The number of oxime groups is 1. The Morgan fingerprint density at radius 1 is 1.03 bits per heavy atom. The van der Waals surface area contributed by atoms with Gasteiger partial charge in [0.2, 0.25) is 10.0 Å². The summed E-state index contributed by atoms with van der Waals surface area (Å²) in [5.41, 5.74) is -2.60. The van der Waals surface area contributed by atoms with E-state index in [1.807, 2.05) is 0 Å². The molecule has 0 bridgehead atoms. The Labute approximate surface area is 184 Å². The van der Waals surface area contributed by atoms with E-state index in [1.54, 1.807) is 0 Å². The molecule has 0 spiro atoms. The number of rotatable bonds is 4. The molecule has 1 unspecified atom stereocenters. The summed E-state index contributed by atoms with van der Waals surface area (Å²) in [5.74, 6) is -7.03. The maximum Gasteiger partial charge on any atom is 0.209 e. The number of benzene rings is 2. The van der Waals surface area contributed by atoms with E-state index in [2.05, 4.69) is 9.88 Å². The highest BCUT2D eigenvalue weighted by Gasteiger charge is 2.40. The second-order valence-electron chi connectivity index (χ2n) is 7.76. The van der Waals surface area contributed by atoms with Crippen LogP contribution in [0.15, 0.2) is 29.4 Å². The summed E-state index contributed by atoms with van der Waals surface area (Å²) in [6.45, 7) is -0.366. The van der Waals surface area contributed by atoms with Crippen LogP contribution in [-0.2, 0) is 14.9 Å². The van der Waals surface area contributed by atoms with E-state index in [0.29, 0.717) is 0 Å². The maximum absolute atomic E-state index is 14.8. The minimum atomic E-state index is -3.69. The average Bonchev–Trinajstić information content (AvgIpc) is 3.31. The van der Waals surface area contributed by atoms with Crippen molar-refractivity contribution in [2.45, 2.75) is 24.7 Å². The molecule has 2 heterocycles. The highest BCUT2D eigenvalue weighted by molar-refractivity contribution is 7.88. The zero-order valence-corrected chi connectivity index (χ0v) is 17.8. The van der Waals surface area contributed by atoms with E-state index in [-0.39, 0.29) is 31.4 Å². The average molecular weight is 493 g/mol. The highest BCUT2D eigenvalue weighted by Crippen LogP contribution is 2.41. The fourth-order valence-corrected chi connectivity index (χ4v) is 4.74. The first-order valence-electron chi connectivity index (χ1n) is 9.67. The fraction of sp³-hybridized carbons (Fsp3) is 0.350. The van der Waals surface area contributed by atoms with E-state index in [1.165, 1.54) is 4.90 Å². The van der Waals surface area contributed by atoms with Gasteiger partial charge in [0, 0.05) is 23.7 Å². The maximum atomic E-state index is 14.8. The standard InChI is InChI=1S/C20H17F6N3O3S/c1-33(30,31)28-14-8-29(7-13(14)25)16-6-15(32-27-16)18-11(23)5-12(24)20(26)19(18)17-9(21)3-2-4-10(17)22/h2-5,13-15,28H,6-8H2,1H3/t13-,14+,15?/m0/s1. The van der Waals surface area contributed by atoms with Gasteiger partial charge in [0.05, 0.1) is 30.8 Å². The van der Waals surface area contributed by atoms with Crippen molar-refractivity contribution in [3.8, 4) is 11.1 Å². The Kier molecular flexibility index (Phi) is 6.03. The predicted octanol–water partition coefficient (Wildman–Crippen LogP) is 3.40. The highest BCUT2D eigenvalue weighted by atomic mass is 32.2. The first-order valence-corrected chi connectivity index (χ1v) is 11.6. The third kappa shape index (κ3) is 4.51. The van der Waals surface area contributed by atoms with Crippen LogP contribution in [0.25, 0.3) is 11.1 Å². The van der Waals surface area contributed by atoms with Crippen LogP contribution in [0.1, 0.15) is 18.1 Å². The predicted molar refractivity (Wildman–Crippen MR) is 106 cm³/mol. The molecule has 3 atom stereocenters. The SMILES string of the molecule is CS(=O)(=O)N[C@@H]1CN(C2=NOC(c3c(F)cc(F)c(F)c3-c3c(F)cccc3F)C2)C[C@@H]1F. The van der Waals surface area contributed by atoms with Crippen LogP contribution in [0.2, 0.25) is 0 Å². The number of alkyl halides is 1. The molecule has 1 N–H and O–H groups in total. The minimum absolute atomic E-state index is 0.0875. The number of nitrogens with one attached hydrogen (secondary N) is 1. The quantitative estimate of drug-likeness (QED) is 0.524. The van der Waals surface area contributed by atoms with Gasteiger partial charge in [0.25, 0.3) is 0 Å². The van der Waals surface area contributed by atoms with Gasteiger partial charge in [-0.1, -0.05) is 11.2 Å². The van der Waals surface area contributed by atoms with Crippen LogP contribution in [0.3, 0.4) is 0 Å². The molecule has 2 aromatic rings. The molecule has 1 fully saturated rings. The number of hydrogen-bond acceptors (Lipinski definition) is 5. The van der Waals surface area contributed by atoms with Gasteiger partial charge in [0.1, 0.15) is 29.5 Å². The van der Waals surface area contributed by atoms with Crippen molar-refractivity contribution in [1.82, 2.24) is 9.62 Å². The Morgan fingerprint density at radius 2 is 1.70 bits per heavy atom. The van der Waals surface area contributed by atoms with Gasteiger partial charge in [-0.25, -0.2) is 39.5 Å². The van der Waals surface area contributed by atoms with Crippen LogP contribution in [-0.4, -0.2) is 50.7 Å². The Bertz CT molecular complexity index is 1220. The van der Waals surface area contributed by atoms with Gasteiger partial charge >= 0.3 is 0 Å². The van der Waals surface area contributed by atoms with Gasteiger partial charge in [-0.2, -0.15) is 0 Å². The molecular weight excluding hydrogens is 476 g/mol. The molecule has 0 aromatic heterocycles. The second-order valence-corrected chi connectivity index (χ2v) is 9.54. The lowest BCUT2D eigenvalue weighted by molar-refractivity contribution is 0.0828. The third-order valence-corrected chi connectivity index (χ3v) is 6.11. The van der Waals surface area contributed by atoms with Gasteiger partial charge < -0.3 is 9.74 Å². The first kappa shape index (κ1) is 23.4. The summed E-state index contributed by atoms with van der Waals surface area (Å²) in [4.78, 5) is 6.52. The Balaban J connectivity index is 1.66. The molecule has 33 heavy (non-hydrogen) atoms. The lowest BCUT2D eigenvalue weighted by Gasteiger charge is -2.19. The summed E-state index contributed by atoms with van der Waals surface area (Å²) in [6.07, 6.45) is -2.36. The first-order chi connectivity index (χ1) is 15.5. The van der Waals surface area contributed by atoms with Crippen LogP contribution >= 0.6 is 0 Å². The molecule has 2 aliphatic heterocycles. The van der Waals surface area contributed by atoms with Crippen molar-refractivity contribution in [1.29, 1.82) is 0 Å². The Hall–Kier alpha value is -2.80. The van der Waals surface area contributed by atoms with Crippen molar-refractivity contribution >= 4 is 15.9 Å². The van der Waals surface area contributed by atoms with E-state index < -0.39 is 74.1 Å². The monoisotopic (exact) mass is 493 g/mol. The van der Waals surface area contributed by atoms with Crippen molar-refractivity contribution < 1.29 is 39.6 Å². The second kappa shape index (κ2) is 8.52. The van der Waals surface area contributed by atoms with Gasteiger partial charge in [-0.15, -0.1) is 0 Å². The summed E-state index contributed by atoms with van der Waals surface area (Å²) in [5, 5.41) is 3.74. The number of halogens is 6. The van der Waals surface area contributed by atoms with Crippen LogP contribution in [0.5, 0.6) is 0 Å². The zero-order valence-electron chi connectivity index (χ0n) is 17.0. The molecule has 6 nitrogen and oxygen atoms in total. The molecule has 0 amide bonds. The van der Waals surface area contributed by atoms with E-state index >= 15 is 0 Å². The number of likely N-dealkylation sites (tertiary alicyclic amines) is 1. The van der Waals surface area contributed by atoms with Crippen LogP contribution < -0.4 is 4.72 Å². The summed E-state index contributed by atoms with van der Waals surface area (Å²) in [6, 6.07) is 1.79. The van der Waals surface area contributed by atoms with E-state index in [4.69, 9.17) is 4.84 Å². The normalized spacial score (nSPS) is 23.1. The van der Waals surface area contributed by atoms with Crippen molar-refractivity contribution in [2.24, 2.45) is 5.16 Å². The summed E-state index contributed by atoms with van der Waals surface area (Å²) < 4.78 is 111. The van der Waals surface area contributed by atoms with Gasteiger partial charge in [0.15, 0.2) is 17.7 Å². The van der Waals surface area contributed by atoms with Crippen LogP contribution in [0.4, 0.5) is 26.3 Å². The molecule has 2 aromatic carbocycles. The fourth-order valence-electron chi connectivity index (χ4n) is 3.97. The topological polar surface area (TPSA) is 71.0 Å². The number of amidine groups is 1. The summed E-state index contributed by atoms with van der Waals surface area (Å²) >= 11 is 0. The number of hydrogen-bond donors (Lipinski definition) is 1. The number of sulfonamides is 1. The zero-order chi connectivity index (χ0) is 24.1. The largest absolute Gasteiger partial charge is 0.386 e.